The zero-order valence-electron chi connectivity index (χ0n) is 16.3. The summed E-state index contributed by atoms with van der Waals surface area (Å²) in [6, 6.07) is 6.76. The molecule has 3 rings (SSSR count). The van der Waals surface area contributed by atoms with E-state index in [0.717, 1.165) is 6.07 Å². The zero-order valence-corrected chi connectivity index (χ0v) is 16.3. The van der Waals surface area contributed by atoms with Crippen molar-refractivity contribution in [1.29, 1.82) is 0 Å². The lowest BCUT2D eigenvalue weighted by Crippen LogP contribution is -2.33. The molecule has 0 saturated carbocycles. The number of amides is 2. The van der Waals surface area contributed by atoms with Crippen molar-refractivity contribution in [2.45, 2.75) is 19.6 Å². The maximum absolute atomic E-state index is 14.4. The van der Waals surface area contributed by atoms with E-state index in [1.54, 1.807) is 0 Å². The molecule has 2 aromatic rings. The van der Waals surface area contributed by atoms with E-state index in [1.807, 2.05) is 0 Å². The molecule has 0 spiro atoms. The third-order valence-electron chi connectivity index (χ3n) is 4.16. The minimum Gasteiger partial charge on any atom is -0.442 e. The van der Waals surface area contributed by atoms with Gasteiger partial charge in [0.2, 0.25) is 5.91 Å². The molecule has 0 aliphatic carbocycles. The first kappa shape index (κ1) is 21.7. The van der Waals surface area contributed by atoms with Gasteiger partial charge in [-0.3, -0.25) is 19.8 Å². The molecule has 1 aliphatic heterocycles. The number of rotatable bonds is 9. The fourth-order valence-electron chi connectivity index (χ4n) is 2.71. The zero-order chi connectivity index (χ0) is 22.4. The number of hydrazine groups is 1. The smallest absolute Gasteiger partial charge is 0.433 e. The molecule has 1 aromatic heterocycles. The van der Waals surface area contributed by atoms with Gasteiger partial charge in [0.05, 0.1) is 31.4 Å². The Balaban J connectivity index is 1.51. The van der Waals surface area contributed by atoms with Crippen molar-refractivity contribution < 1.29 is 28.1 Å². The number of nitrogens with zero attached hydrogens (tertiary/aromatic N) is 3. The van der Waals surface area contributed by atoms with Crippen molar-refractivity contribution >= 4 is 35.6 Å². The van der Waals surface area contributed by atoms with Crippen LogP contribution in [0.4, 0.5) is 26.4 Å². The van der Waals surface area contributed by atoms with Gasteiger partial charge in [-0.2, -0.15) is 0 Å². The summed E-state index contributed by atoms with van der Waals surface area (Å²) in [5, 5.41) is 13.1. The summed E-state index contributed by atoms with van der Waals surface area (Å²) in [6.07, 6.45) is 0.0429. The van der Waals surface area contributed by atoms with Crippen LogP contribution in [0.1, 0.15) is 12.7 Å². The lowest BCUT2D eigenvalue weighted by molar-refractivity contribution is -0.402. The van der Waals surface area contributed by atoms with Gasteiger partial charge in [0.1, 0.15) is 28.8 Å². The maximum Gasteiger partial charge on any atom is 0.433 e. The van der Waals surface area contributed by atoms with Crippen molar-refractivity contribution in [2.75, 3.05) is 18.0 Å². The van der Waals surface area contributed by atoms with Gasteiger partial charge in [-0.25, -0.2) is 19.6 Å². The average Bonchev–Trinajstić information content (AvgIpc) is 3.34. The highest BCUT2D eigenvalue weighted by Crippen LogP contribution is 2.27. The second-order valence-corrected chi connectivity index (χ2v) is 6.44. The van der Waals surface area contributed by atoms with Crippen LogP contribution in [0, 0.1) is 15.9 Å². The monoisotopic (exact) mass is 434 g/mol. The molecule has 1 aliphatic rings. The molecule has 12 nitrogen and oxygen atoms in total. The van der Waals surface area contributed by atoms with Gasteiger partial charge in [-0.15, -0.1) is 0 Å². The third-order valence-corrected chi connectivity index (χ3v) is 4.16. The standard InChI is InChI=1S/C18H19FN6O6/c1-11(26)20-7-14-9-24(18(27)31-14)12-2-4-16(15(19)6-12)21-10-23-22-8-13-3-5-17(30-13)25(28)29/h2-6,10,14,22H,7-9H2,1H3,(H,20,26)(H,21,23)/t14-/m0/s1. The summed E-state index contributed by atoms with van der Waals surface area (Å²) in [5.74, 6) is -0.931. The Morgan fingerprint density at radius 2 is 2.23 bits per heavy atom. The van der Waals surface area contributed by atoms with Crippen molar-refractivity contribution in [3.05, 3.63) is 52.0 Å². The Morgan fingerprint density at radius 3 is 2.90 bits per heavy atom. The van der Waals surface area contributed by atoms with E-state index in [4.69, 9.17) is 9.15 Å². The number of nitrogens with one attached hydrogen (secondary N) is 3. The summed E-state index contributed by atoms with van der Waals surface area (Å²) in [5.41, 5.74) is 5.61. The van der Waals surface area contributed by atoms with Gasteiger partial charge in [0, 0.05) is 6.92 Å². The van der Waals surface area contributed by atoms with E-state index >= 15 is 0 Å². The van der Waals surface area contributed by atoms with Crippen molar-refractivity contribution in [2.24, 2.45) is 4.99 Å². The molecule has 1 atom stereocenters. The van der Waals surface area contributed by atoms with E-state index in [1.165, 1.54) is 42.4 Å². The summed E-state index contributed by atoms with van der Waals surface area (Å²) < 4.78 is 24.5. The van der Waals surface area contributed by atoms with Crippen LogP contribution < -0.4 is 21.1 Å². The molecule has 1 saturated heterocycles. The quantitative estimate of drug-likeness (QED) is 0.177. The third kappa shape index (κ3) is 5.76. The molecule has 0 bridgehead atoms. The number of ether oxygens (including phenoxy) is 1. The van der Waals surface area contributed by atoms with Gasteiger partial charge >= 0.3 is 12.0 Å². The lowest BCUT2D eigenvalue weighted by atomic mass is 10.2. The number of benzene rings is 1. The predicted molar refractivity (Wildman–Crippen MR) is 106 cm³/mol. The highest BCUT2D eigenvalue weighted by molar-refractivity contribution is 5.90. The van der Waals surface area contributed by atoms with Crippen LogP contribution in [0.5, 0.6) is 0 Å². The van der Waals surface area contributed by atoms with Crippen LogP contribution in [-0.2, 0) is 16.1 Å². The van der Waals surface area contributed by atoms with Crippen LogP contribution in [0.15, 0.2) is 39.7 Å². The molecular weight excluding hydrogens is 415 g/mol. The number of aliphatic imine (C=N–C) groups is 1. The molecule has 1 fully saturated rings. The molecule has 0 unspecified atom stereocenters. The first-order valence-electron chi connectivity index (χ1n) is 9.09. The maximum atomic E-state index is 14.4. The number of nitro groups is 1. The molecule has 2 heterocycles. The lowest BCUT2D eigenvalue weighted by Gasteiger charge is -2.13. The number of carbonyl (C=O) groups is 2. The van der Waals surface area contributed by atoms with E-state index in [-0.39, 0.29) is 37.1 Å². The van der Waals surface area contributed by atoms with Crippen LogP contribution in [0.25, 0.3) is 0 Å². The Kier molecular flexibility index (Phi) is 6.77. The van der Waals surface area contributed by atoms with Crippen LogP contribution >= 0.6 is 0 Å². The number of furan rings is 1. The Hall–Kier alpha value is -4.00. The first-order chi connectivity index (χ1) is 14.8. The van der Waals surface area contributed by atoms with E-state index in [2.05, 4.69) is 21.2 Å². The number of hydrogen-bond acceptors (Lipinski definition) is 8. The molecule has 13 heteroatoms. The Morgan fingerprint density at radius 1 is 1.42 bits per heavy atom. The van der Waals surface area contributed by atoms with E-state index in [0.29, 0.717) is 11.4 Å². The summed E-state index contributed by atoms with van der Waals surface area (Å²) in [7, 11) is 0. The number of halogens is 1. The van der Waals surface area contributed by atoms with Gasteiger partial charge < -0.3 is 19.9 Å². The fourth-order valence-corrected chi connectivity index (χ4v) is 2.71. The van der Waals surface area contributed by atoms with E-state index < -0.39 is 22.9 Å². The molecular formula is C18H19FN6O6. The molecule has 164 valence electrons. The average molecular weight is 434 g/mol. The predicted octanol–water partition coefficient (Wildman–Crippen LogP) is 1.74. The van der Waals surface area contributed by atoms with Crippen LogP contribution in [0.2, 0.25) is 0 Å². The highest BCUT2D eigenvalue weighted by Gasteiger charge is 2.32. The molecule has 3 N–H and O–H groups in total. The van der Waals surface area contributed by atoms with Gasteiger partial charge in [-0.05, 0) is 24.3 Å². The van der Waals surface area contributed by atoms with Crippen molar-refractivity contribution in [3.63, 3.8) is 0 Å². The number of cyclic esters (lactones) is 1. The van der Waals surface area contributed by atoms with Gasteiger partial charge in [-0.1, -0.05) is 0 Å². The van der Waals surface area contributed by atoms with Crippen LogP contribution in [0.3, 0.4) is 0 Å². The largest absolute Gasteiger partial charge is 0.442 e. The highest BCUT2D eigenvalue weighted by atomic mass is 19.1. The Bertz CT molecular complexity index is 1010. The number of anilines is 1. The number of carbonyl (C=O) groups excluding carboxylic acids is 2. The molecule has 0 radical (unpaired) electrons. The van der Waals surface area contributed by atoms with Gasteiger partial charge in [0.15, 0.2) is 5.82 Å². The normalized spacial score (nSPS) is 15.9. The van der Waals surface area contributed by atoms with Crippen molar-refractivity contribution in [1.82, 2.24) is 16.2 Å². The minimum absolute atomic E-state index is 0.0223. The summed E-state index contributed by atoms with van der Waals surface area (Å²) in [6.45, 7) is 1.85. The van der Waals surface area contributed by atoms with E-state index in [9.17, 15) is 24.1 Å². The fraction of sp³-hybridized carbons (Fsp3) is 0.278. The molecule has 1 aromatic carbocycles. The number of hydrogen-bond donors (Lipinski definition) is 3. The van der Waals surface area contributed by atoms with Crippen molar-refractivity contribution in [3.8, 4) is 0 Å². The molecule has 31 heavy (non-hydrogen) atoms. The molecule has 2 amide bonds. The SMILES string of the molecule is CC(=O)NC[C@H]1CN(c2ccc(N=CNNCc3ccc([N+](=O)[O-])o3)c(F)c2)C(=O)O1. The first-order valence-corrected chi connectivity index (χ1v) is 9.09. The minimum atomic E-state index is -0.657. The second-order valence-electron chi connectivity index (χ2n) is 6.44. The second kappa shape index (κ2) is 9.67. The summed E-state index contributed by atoms with van der Waals surface area (Å²) >= 11 is 0. The topological polar surface area (TPSA) is 151 Å². The van der Waals surface area contributed by atoms with Crippen LogP contribution in [-0.4, -0.2) is 42.5 Å². The Labute approximate surface area is 175 Å². The van der Waals surface area contributed by atoms with Gasteiger partial charge in [0.25, 0.3) is 0 Å². The summed E-state index contributed by atoms with van der Waals surface area (Å²) in [4.78, 5) is 38.1.